The summed E-state index contributed by atoms with van der Waals surface area (Å²) < 4.78 is 41.9. The Balaban J connectivity index is 1.24. The molecule has 2 amide bonds. The van der Waals surface area contributed by atoms with Crippen LogP contribution in [0.4, 0.5) is 13.2 Å². The van der Waals surface area contributed by atoms with Crippen LogP contribution in [0.15, 0.2) is 59.8 Å². The van der Waals surface area contributed by atoms with Crippen LogP contribution in [0.3, 0.4) is 0 Å². The van der Waals surface area contributed by atoms with E-state index in [9.17, 15) is 22.8 Å². The molecule has 1 saturated carbocycles. The molecule has 1 aliphatic heterocycles. The molecular formula is C28H30F3N5O2S. The van der Waals surface area contributed by atoms with Crippen molar-refractivity contribution in [1.29, 1.82) is 0 Å². The maximum Gasteiger partial charge on any atom is 0.416 e. The highest BCUT2D eigenvalue weighted by Gasteiger charge is 2.38. The SMILES string of the molecule is CC1CN(C(=O)CCCSc2nnc(-c3ccccc3)n2-c2cccc(C(F)(F)F)c2)CCN1C(=O)C1CC1. The third kappa shape index (κ3) is 6.29. The minimum atomic E-state index is -4.47. The van der Waals surface area contributed by atoms with Crippen molar-refractivity contribution in [3.63, 3.8) is 0 Å². The van der Waals surface area contributed by atoms with Gasteiger partial charge in [0, 0.05) is 49.3 Å². The van der Waals surface area contributed by atoms with Gasteiger partial charge in [-0.15, -0.1) is 10.2 Å². The zero-order valence-electron chi connectivity index (χ0n) is 21.6. The molecule has 7 nitrogen and oxygen atoms in total. The minimum absolute atomic E-state index is 0.00703. The molecule has 2 heterocycles. The van der Waals surface area contributed by atoms with Crippen molar-refractivity contribution in [2.45, 2.75) is 50.0 Å². The third-order valence-electron chi connectivity index (χ3n) is 7.05. The number of hydrogen-bond donors (Lipinski definition) is 0. The summed E-state index contributed by atoms with van der Waals surface area (Å²) in [7, 11) is 0. The molecular weight excluding hydrogens is 527 g/mol. The number of rotatable bonds is 8. The van der Waals surface area contributed by atoms with Crippen molar-refractivity contribution < 1.29 is 22.8 Å². The number of carbonyl (C=O) groups excluding carboxylic acids is 2. The Morgan fingerprint density at radius 3 is 2.49 bits per heavy atom. The highest BCUT2D eigenvalue weighted by atomic mass is 32.2. The Bertz CT molecular complexity index is 1330. The van der Waals surface area contributed by atoms with E-state index in [1.807, 2.05) is 47.1 Å². The number of amides is 2. The van der Waals surface area contributed by atoms with E-state index in [0.717, 1.165) is 30.5 Å². The van der Waals surface area contributed by atoms with Crippen LogP contribution in [0.5, 0.6) is 0 Å². The second-order valence-electron chi connectivity index (χ2n) is 10.0. The van der Waals surface area contributed by atoms with E-state index in [0.29, 0.717) is 54.9 Å². The molecule has 5 rings (SSSR count). The van der Waals surface area contributed by atoms with Gasteiger partial charge in [0.15, 0.2) is 11.0 Å². The lowest BCUT2D eigenvalue weighted by Crippen LogP contribution is -2.55. The molecule has 2 aromatic carbocycles. The number of hydrogen-bond acceptors (Lipinski definition) is 5. The molecule has 2 fully saturated rings. The first-order valence-electron chi connectivity index (χ1n) is 13.1. The van der Waals surface area contributed by atoms with Crippen molar-refractivity contribution >= 4 is 23.6 Å². The van der Waals surface area contributed by atoms with Crippen LogP contribution in [-0.4, -0.2) is 67.8 Å². The van der Waals surface area contributed by atoms with Gasteiger partial charge in [0.1, 0.15) is 0 Å². The van der Waals surface area contributed by atoms with Gasteiger partial charge in [-0.2, -0.15) is 13.2 Å². The highest BCUT2D eigenvalue weighted by molar-refractivity contribution is 7.99. The maximum absolute atomic E-state index is 13.4. The molecule has 11 heteroatoms. The molecule has 0 N–H and O–H groups in total. The summed E-state index contributed by atoms with van der Waals surface area (Å²) in [6.45, 7) is 3.63. The molecule has 0 radical (unpaired) electrons. The van der Waals surface area contributed by atoms with Crippen LogP contribution < -0.4 is 0 Å². The summed E-state index contributed by atoms with van der Waals surface area (Å²) >= 11 is 1.36. The molecule has 1 atom stereocenters. The number of alkyl halides is 3. The van der Waals surface area contributed by atoms with Gasteiger partial charge >= 0.3 is 6.18 Å². The molecule has 0 bridgehead atoms. The van der Waals surface area contributed by atoms with Crippen molar-refractivity contribution in [2.75, 3.05) is 25.4 Å². The summed E-state index contributed by atoms with van der Waals surface area (Å²) in [4.78, 5) is 29.0. The standard InChI is InChI=1S/C28H30F3N5O2S/c1-19-18-34(14-15-35(19)26(38)21-12-13-21)24(37)11-6-16-39-27-33-32-25(20-7-3-2-4-8-20)36(27)23-10-5-9-22(17-23)28(29,30)31/h2-5,7-10,17,19,21H,6,11-16,18H2,1H3. The number of aromatic nitrogens is 3. The van der Waals surface area contributed by atoms with Crippen molar-refractivity contribution in [3.8, 4) is 17.1 Å². The number of halogens is 3. The van der Waals surface area contributed by atoms with E-state index in [4.69, 9.17) is 0 Å². The number of benzene rings is 2. The molecule has 1 aromatic heterocycles. The van der Waals surface area contributed by atoms with Crippen LogP contribution in [0.2, 0.25) is 0 Å². The van der Waals surface area contributed by atoms with Crippen LogP contribution >= 0.6 is 11.8 Å². The van der Waals surface area contributed by atoms with Crippen molar-refractivity contribution in [3.05, 3.63) is 60.2 Å². The number of thioether (sulfide) groups is 1. The molecule has 1 saturated heterocycles. The van der Waals surface area contributed by atoms with Crippen LogP contribution in [0, 0.1) is 5.92 Å². The van der Waals surface area contributed by atoms with Gasteiger partial charge in [-0.1, -0.05) is 48.2 Å². The first-order valence-corrected chi connectivity index (χ1v) is 14.1. The summed E-state index contributed by atoms with van der Waals surface area (Å²) in [6.07, 6.45) is -1.61. The Morgan fingerprint density at radius 2 is 1.79 bits per heavy atom. The Labute approximate surface area is 229 Å². The fourth-order valence-corrected chi connectivity index (χ4v) is 5.70. The summed E-state index contributed by atoms with van der Waals surface area (Å²) in [5, 5.41) is 9.03. The summed E-state index contributed by atoms with van der Waals surface area (Å²) in [6, 6.07) is 14.3. The Hall–Kier alpha value is -3.34. The lowest BCUT2D eigenvalue weighted by molar-refractivity contribution is -0.143. The van der Waals surface area contributed by atoms with E-state index in [2.05, 4.69) is 10.2 Å². The molecule has 1 unspecified atom stereocenters. The quantitative estimate of drug-likeness (QED) is 0.278. The molecule has 206 valence electrons. The monoisotopic (exact) mass is 557 g/mol. The van der Waals surface area contributed by atoms with E-state index >= 15 is 0 Å². The largest absolute Gasteiger partial charge is 0.416 e. The van der Waals surface area contributed by atoms with E-state index in [-0.39, 0.29) is 23.8 Å². The van der Waals surface area contributed by atoms with Crippen LogP contribution in [-0.2, 0) is 15.8 Å². The van der Waals surface area contributed by atoms with Gasteiger partial charge < -0.3 is 9.80 Å². The fraction of sp³-hybridized carbons (Fsp3) is 0.429. The third-order valence-corrected chi connectivity index (χ3v) is 8.07. The summed E-state index contributed by atoms with van der Waals surface area (Å²) in [5.74, 6) is 1.43. The summed E-state index contributed by atoms with van der Waals surface area (Å²) in [5.41, 5.74) is 0.306. The lowest BCUT2D eigenvalue weighted by atomic mass is 10.1. The fourth-order valence-electron chi connectivity index (χ4n) is 4.81. The Kier molecular flexibility index (Phi) is 7.97. The molecule has 39 heavy (non-hydrogen) atoms. The van der Waals surface area contributed by atoms with E-state index < -0.39 is 11.7 Å². The predicted molar refractivity (Wildman–Crippen MR) is 142 cm³/mol. The smallest absolute Gasteiger partial charge is 0.339 e. The predicted octanol–water partition coefficient (Wildman–Crippen LogP) is 5.29. The number of carbonyl (C=O) groups is 2. The Morgan fingerprint density at radius 1 is 1.03 bits per heavy atom. The second-order valence-corrected chi connectivity index (χ2v) is 11.1. The van der Waals surface area contributed by atoms with Gasteiger partial charge in [-0.05, 0) is 44.4 Å². The zero-order valence-corrected chi connectivity index (χ0v) is 22.4. The van der Waals surface area contributed by atoms with Gasteiger partial charge in [-0.25, -0.2) is 0 Å². The first-order chi connectivity index (χ1) is 18.7. The lowest BCUT2D eigenvalue weighted by Gasteiger charge is -2.40. The second kappa shape index (κ2) is 11.4. The topological polar surface area (TPSA) is 71.3 Å². The number of piperazine rings is 1. The van der Waals surface area contributed by atoms with Gasteiger partial charge in [-0.3, -0.25) is 14.2 Å². The van der Waals surface area contributed by atoms with Crippen LogP contribution in [0.1, 0.15) is 38.2 Å². The van der Waals surface area contributed by atoms with Crippen LogP contribution in [0.25, 0.3) is 17.1 Å². The zero-order chi connectivity index (χ0) is 27.6. The molecule has 1 aliphatic carbocycles. The molecule has 3 aromatic rings. The maximum atomic E-state index is 13.4. The molecule has 2 aliphatic rings. The molecule has 0 spiro atoms. The minimum Gasteiger partial charge on any atom is -0.339 e. The van der Waals surface area contributed by atoms with Gasteiger partial charge in [0.2, 0.25) is 11.8 Å². The normalized spacial score (nSPS) is 17.9. The van der Waals surface area contributed by atoms with Crippen molar-refractivity contribution in [2.24, 2.45) is 5.92 Å². The van der Waals surface area contributed by atoms with Crippen molar-refractivity contribution in [1.82, 2.24) is 24.6 Å². The average Bonchev–Trinajstić information content (AvgIpc) is 3.70. The average molecular weight is 558 g/mol. The van der Waals surface area contributed by atoms with Gasteiger partial charge in [0.05, 0.1) is 11.3 Å². The van der Waals surface area contributed by atoms with E-state index in [1.54, 1.807) is 10.6 Å². The van der Waals surface area contributed by atoms with Gasteiger partial charge in [0.25, 0.3) is 0 Å². The van der Waals surface area contributed by atoms with E-state index in [1.165, 1.54) is 17.8 Å². The highest BCUT2D eigenvalue weighted by Crippen LogP contribution is 2.34. The number of nitrogens with zero attached hydrogens (tertiary/aromatic N) is 5. The first kappa shape index (κ1) is 27.2.